The second-order valence-electron chi connectivity index (χ2n) is 6.39. The lowest BCUT2D eigenvalue weighted by atomic mass is 9.87. The maximum absolute atomic E-state index is 12.4. The Morgan fingerprint density at radius 2 is 1.86 bits per heavy atom. The second kappa shape index (κ2) is 6.97. The van der Waals surface area contributed by atoms with Crippen molar-refractivity contribution in [1.29, 1.82) is 0 Å². The third kappa shape index (κ3) is 3.99. The average molecular weight is 287 g/mol. The van der Waals surface area contributed by atoms with Gasteiger partial charge in [-0.05, 0) is 30.9 Å². The van der Waals surface area contributed by atoms with Gasteiger partial charge in [0.2, 0.25) is 5.91 Å². The Hall–Kier alpha value is -1.51. The summed E-state index contributed by atoms with van der Waals surface area (Å²) in [5.74, 6) is 1.87. The van der Waals surface area contributed by atoms with Crippen molar-refractivity contribution in [2.24, 2.45) is 5.92 Å². The summed E-state index contributed by atoms with van der Waals surface area (Å²) in [4.78, 5) is 14.4. The maximum atomic E-state index is 12.4. The topological polar surface area (TPSA) is 29.5 Å². The predicted molar refractivity (Wildman–Crippen MR) is 83.2 cm³/mol. The molecule has 3 nitrogen and oxygen atoms in total. The Labute approximate surface area is 127 Å². The molecule has 3 rings (SSSR count). The fourth-order valence-corrected chi connectivity index (χ4v) is 3.51. The average Bonchev–Trinajstić information content (AvgIpc) is 2.98. The minimum absolute atomic E-state index is 0.155. The molecule has 1 amide bonds. The van der Waals surface area contributed by atoms with Crippen LogP contribution in [0, 0.1) is 5.92 Å². The van der Waals surface area contributed by atoms with Crippen molar-refractivity contribution in [3.8, 4) is 5.75 Å². The van der Waals surface area contributed by atoms with E-state index in [1.165, 1.54) is 32.1 Å². The Bertz CT molecular complexity index is 454. The molecular weight excluding hydrogens is 262 g/mol. The van der Waals surface area contributed by atoms with Crippen LogP contribution in [0.3, 0.4) is 0 Å². The minimum atomic E-state index is 0.155. The Morgan fingerprint density at radius 3 is 2.62 bits per heavy atom. The van der Waals surface area contributed by atoms with Crippen LogP contribution in [0.4, 0.5) is 0 Å². The van der Waals surface area contributed by atoms with E-state index in [2.05, 4.69) is 0 Å². The van der Waals surface area contributed by atoms with Crippen LogP contribution in [0.5, 0.6) is 5.75 Å². The van der Waals surface area contributed by atoms with Gasteiger partial charge >= 0.3 is 0 Å². The molecule has 1 atom stereocenters. The normalized spacial score (nSPS) is 23.2. The molecule has 1 unspecified atom stereocenters. The fourth-order valence-electron chi connectivity index (χ4n) is 3.51. The van der Waals surface area contributed by atoms with E-state index >= 15 is 0 Å². The summed E-state index contributed by atoms with van der Waals surface area (Å²) in [6.45, 7) is 1.60. The third-order valence-corrected chi connectivity index (χ3v) is 4.73. The van der Waals surface area contributed by atoms with Gasteiger partial charge in [0.1, 0.15) is 11.9 Å². The molecular formula is C18H25NO2. The van der Waals surface area contributed by atoms with E-state index in [0.29, 0.717) is 11.8 Å². The van der Waals surface area contributed by atoms with Crippen LogP contribution >= 0.6 is 0 Å². The van der Waals surface area contributed by atoms with Crippen molar-refractivity contribution < 1.29 is 9.53 Å². The monoisotopic (exact) mass is 287 g/mol. The zero-order chi connectivity index (χ0) is 14.5. The molecule has 1 aromatic rings. The number of likely N-dealkylation sites (tertiary alicyclic amines) is 1. The second-order valence-corrected chi connectivity index (χ2v) is 6.39. The molecule has 1 aliphatic heterocycles. The van der Waals surface area contributed by atoms with Crippen molar-refractivity contribution in [3.63, 3.8) is 0 Å². The van der Waals surface area contributed by atoms with E-state index in [0.717, 1.165) is 31.7 Å². The molecule has 0 radical (unpaired) electrons. The van der Waals surface area contributed by atoms with E-state index in [-0.39, 0.29) is 6.10 Å². The van der Waals surface area contributed by atoms with E-state index in [4.69, 9.17) is 4.74 Å². The molecule has 2 aliphatic rings. The summed E-state index contributed by atoms with van der Waals surface area (Å²) in [6, 6.07) is 9.91. The van der Waals surface area contributed by atoms with Crippen molar-refractivity contribution >= 4 is 5.91 Å². The van der Waals surface area contributed by atoms with Crippen LogP contribution in [-0.4, -0.2) is 30.0 Å². The van der Waals surface area contributed by atoms with Crippen molar-refractivity contribution in [2.75, 3.05) is 13.1 Å². The molecule has 114 valence electrons. The quantitative estimate of drug-likeness (QED) is 0.846. The molecule has 1 heterocycles. The summed E-state index contributed by atoms with van der Waals surface area (Å²) in [6.07, 6.45) is 8.29. The van der Waals surface area contributed by atoms with Crippen molar-refractivity contribution in [3.05, 3.63) is 30.3 Å². The van der Waals surface area contributed by atoms with Crippen LogP contribution in [0.1, 0.15) is 44.9 Å². The first kappa shape index (κ1) is 14.4. The molecule has 21 heavy (non-hydrogen) atoms. The van der Waals surface area contributed by atoms with Gasteiger partial charge in [0.05, 0.1) is 6.54 Å². The fraction of sp³-hybridized carbons (Fsp3) is 0.611. The molecule has 2 fully saturated rings. The summed E-state index contributed by atoms with van der Waals surface area (Å²) in [5.41, 5.74) is 0. The SMILES string of the molecule is O=C(CC1CCCCC1)N1CCC(Oc2ccccc2)C1. The number of carbonyl (C=O) groups excluding carboxylic acids is 1. The van der Waals surface area contributed by atoms with Crippen LogP contribution in [0.25, 0.3) is 0 Å². The Balaban J connectivity index is 1.46. The molecule has 0 aromatic heterocycles. The number of hydrogen-bond acceptors (Lipinski definition) is 2. The number of carbonyl (C=O) groups is 1. The number of para-hydroxylation sites is 1. The lowest BCUT2D eigenvalue weighted by Crippen LogP contribution is -2.32. The van der Waals surface area contributed by atoms with Gasteiger partial charge in [0.15, 0.2) is 0 Å². The number of ether oxygens (including phenoxy) is 1. The minimum Gasteiger partial charge on any atom is -0.489 e. The largest absolute Gasteiger partial charge is 0.489 e. The van der Waals surface area contributed by atoms with Gasteiger partial charge in [0, 0.05) is 19.4 Å². The highest BCUT2D eigenvalue weighted by Gasteiger charge is 2.29. The zero-order valence-corrected chi connectivity index (χ0v) is 12.7. The number of benzene rings is 1. The number of rotatable bonds is 4. The van der Waals surface area contributed by atoms with Crippen LogP contribution in [-0.2, 0) is 4.79 Å². The van der Waals surface area contributed by atoms with Crippen LogP contribution in [0.15, 0.2) is 30.3 Å². The van der Waals surface area contributed by atoms with E-state index in [1.54, 1.807) is 0 Å². The molecule has 1 saturated heterocycles. The van der Waals surface area contributed by atoms with Gasteiger partial charge in [-0.15, -0.1) is 0 Å². The van der Waals surface area contributed by atoms with Gasteiger partial charge < -0.3 is 9.64 Å². The predicted octanol–water partition coefficient (Wildman–Crippen LogP) is 3.64. The first-order valence-corrected chi connectivity index (χ1v) is 8.31. The van der Waals surface area contributed by atoms with Gasteiger partial charge in [0.25, 0.3) is 0 Å². The highest BCUT2D eigenvalue weighted by molar-refractivity contribution is 5.76. The highest BCUT2D eigenvalue weighted by Crippen LogP contribution is 2.27. The smallest absolute Gasteiger partial charge is 0.222 e. The van der Waals surface area contributed by atoms with Crippen molar-refractivity contribution in [2.45, 2.75) is 51.0 Å². The highest BCUT2D eigenvalue weighted by atomic mass is 16.5. The van der Waals surface area contributed by atoms with Crippen LogP contribution in [0.2, 0.25) is 0 Å². The van der Waals surface area contributed by atoms with E-state index in [9.17, 15) is 4.79 Å². The number of amides is 1. The summed E-state index contributed by atoms with van der Waals surface area (Å²) < 4.78 is 5.95. The Kier molecular flexibility index (Phi) is 4.79. The standard InChI is InChI=1S/C18H25NO2/c20-18(13-15-7-3-1-4-8-15)19-12-11-17(14-19)21-16-9-5-2-6-10-16/h2,5-6,9-10,15,17H,1,3-4,7-8,11-14H2. The maximum Gasteiger partial charge on any atom is 0.222 e. The molecule has 1 aromatic carbocycles. The van der Waals surface area contributed by atoms with Gasteiger partial charge in [-0.25, -0.2) is 0 Å². The third-order valence-electron chi connectivity index (χ3n) is 4.73. The van der Waals surface area contributed by atoms with Gasteiger partial charge in [-0.2, -0.15) is 0 Å². The molecule has 1 saturated carbocycles. The molecule has 0 spiro atoms. The summed E-state index contributed by atoms with van der Waals surface area (Å²) >= 11 is 0. The van der Waals surface area contributed by atoms with Gasteiger partial charge in [-0.1, -0.05) is 37.5 Å². The first-order chi connectivity index (χ1) is 10.3. The van der Waals surface area contributed by atoms with Gasteiger partial charge in [-0.3, -0.25) is 4.79 Å². The lowest BCUT2D eigenvalue weighted by molar-refractivity contribution is -0.131. The van der Waals surface area contributed by atoms with E-state index < -0.39 is 0 Å². The molecule has 1 aliphatic carbocycles. The molecule has 3 heteroatoms. The molecule has 0 bridgehead atoms. The first-order valence-electron chi connectivity index (χ1n) is 8.31. The summed E-state index contributed by atoms with van der Waals surface area (Å²) in [5, 5.41) is 0. The number of nitrogens with zero attached hydrogens (tertiary/aromatic N) is 1. The zero-order valence-electron chi connectivity index (χ0n) is 12.7. The summed E-state index contributed by atoms with van der Waals surface area (Å²) in [7, 11) is 0. The molecule has 0 N–H and O–H groups in total. The van der Waals surface area contributed by atoms with E-state index in [1.807, 2.05) is 35.2 Å². The lowest BCUT2D eigenvalue weighted by Gasteiger charge is -2.24. The van der Waals surface area contributed by atoms with Crippen LogP contribution < -0.4 is 4.74 Å². The Morgan fingerprint density at radius 1 is 1.10 bits per heavy atom. The number of hydrogen-bond donors (Lipinski definition) is 0. The van der Waals surface area contributed by atoms with Crippen molar-refractivity contribution in [1.82, 2.24) is 4.90 Å².